The number of carbonyl (C=O) groups is 2. The van der Waals surface area contributed by atoms with Crippen molar-refractivity contribution < 1.29 is 19.1 Å². The summed E-state index contributed by atoms with van der Waals surface area (Å²) in [5.74, 6) is 0.822. The number of amides is 2. The summed E-state index contributed by atoms with van der Waals surface area (Å²) >= 11 is 6.20. The summed E-state index contributed by atoms with van der Waals surface area (Å²) in [6, 6.07) is 22.1. The van der Waals surface area contributed by atoms with Crippen LogP contribution in [0.1, 0.15) is 28.8 Å². The van der Waals surface area contributed by atoms with Gasteiger partial charge in [0.25, 0.3) is 5.91 Å². The molecule has 3 aromatic carbocycles. The summed E-state index contributed by atoms with van der Waals surface area (Å²) in [7, 11) is 1.54. The van der Waals surface area contributed by atoms with Crippen molar-refractivity contribution in [1.82, 2.24) is 4.90 Å². The molecule has 0 spiro atoms. The number of piperidine rings is 1. The molecule has 6 nitrogen and oxygen atoms in total. The second-order valence-electron chi connectivity index (χ2n) is 8.17. The van der Waals surface area contributed by atoms with Gasteiger partial charge >= 0.3 is 0 Å². The van der Waals surface area contributed by atoms with Gasteiger partial charge in [0.2, 0.25) is 5.91 Å². The number of likely N-dealkylation sites (tertiary alicyclic amines) is 1. The Bertz CT molecular complexity index is 1140. The van der Waals surface area contributed by atoms with Crippen LogP contribution < -0.4 is 14.8 Å². The molecule has 0 bridgehead atoms. The molecule has 0 atom stereocenters. The molecule has 1 saturated heterocycles. The number of hydrogen-bond donors (Lipinski definition) is 1. The number of para-hydroxylation sites is 1. The number of rotatable bonds is 7. The predicted molar refractivity (Wildman–Crippen MR) is 132 cm³/mol. The van der Waals surface area contributed by atoms with Gasteiger partial charge in [0, 0.05) is 40.8 Å². The highest BCUT2D eigenvalue weighted by Gasteiger charge is 2.28. The average molecular weight is 479 g/mol. The van der Waals surface area contributed by atoms with Crippen LogP contribution in [-0.4, -0.2) is 36.9 Å². The highest BCUT2D eigenvalue weighted by molar-refractivity contribution is 6.31. The summed E-state index contributed by atoms with van der Waals surface area (Å²) in [6.45, 7) is 1.35. The van der Waals surface area contributed by atoms with Crippen LogP contribution in [0.5, 0.6) is 11.5 Å². The Labute approximate surface area is 204 Å². The van der Waals surface area contributed by atoms with E-state index in [1.807, 2.05) is 54.6 Å². The lowest BCUT2D eigenvalue weighted by atomic mass is 9.95. The third-order valence-corrected chi connectivity index (χ3v) is 6.31. The molecule has 1 aliphatic heterocycles. The van der Waals surface area contributed by atoms with Gasteiger partial charge in [-0.3, -0.25) is 9.59 Å². The first-order valence-electron chi connectivity index (χ1n) is 11.2. The Morgan fingerprint density at radius 3 is 2.38 bits per heavy atom. The Balaban J connectivity index is 1.34. The van der Waals surface area contributed by atoms with Gasteiger partial charge in [-0.05, 0) is 49.2 Å². The number of carbonyl (C=O) groups excluding carboxylic acids is 2. The van der Waals surface area contributed by atoms with Crippen molar-refractivity contribution in [1.29, 1.82) is 0 Å². The summed E-state index contributed by atoms with van der Waals surface area (Å²) in [6.07, 6.45) is 1.25. The molecule has 0 unspecified atom stereocenters. The monoisotopic (exact) mass is 478 g/mol. The average Bonchev–Trinajstić information content (AvgIpc) is 2.88. The minimum atomic E-state index is -0.112. The summed E-state index contributed by atoms with van der Waals surface area (Å²) in [4.78, 5) is 27.4. The zero-order chi connectivity index (χ0) is 23.9. The Morgan fingerprint density at radius 1 is 0.971 bits per heavy atom. The van der Waals surface area contributed by atoms with Gasteiger partial charge in [-0.25, -0.2) is 0 Å². The van der Waals surface area contributed by atoms with Gasteiger partial charge in [-0.2, -0.15) is 0 Å². The number of ether oxygens (including phenoxy) is 2. The summed E-state index contributed by atoms with van der Waals surface area (Å²) in [5, 5.41) is 3.59. The zero-order valence-corrected chi connectivity index (χ0v) is 19.8. The van der Waals surface area contributed by atoms with E-state index in [0.717, 1.165) is 11.3 Å². The van der Waals surface area contributed by atoms with E-state index >= 15 is 0 Å². The van der Waals surface area contributed by atoms with E-state index in [-0.39, 0.29) is 17.7 Å². The van der Waals surface area contributed by atoms with Crippen molar-refractivity contribution in [3.63, 3.8) is 0 Å². The number of nitrogens with one attached hydrogen (secondary N) is 1. The van der Waals surface area contributed by atoms with Gasteiger partial charge in [-0.1, -0.05) is 48.0 Å². The topological polar surface area (TPSA) is 67.9 Å². The molecule has 0 saturated carbocycles. The molecule has 1 heterocycles. The van der Waals surface area contributed by atoms with Crippen LogP contribution in [0.2, 0.25) is 5.02 Å². The summed E-state index contributed by atoms with van der Waals surface area (Å²) in [5.41, 5.74) is 2.18. The molecule has 0 radical (unpaired) electrons. The maximum absolute atomic E-state index is 13.1. The van der Waals surface area contributed by atoms with Crippen LogP contribution in [0.25, 0.3) is 0 Å². The largest absolute Gasteiger partial charge is 0.493 e. The molecule has 7 heteroatoms. The van der Waals surface area contributed by atoms with E-state index in [2.05, 4.69) is 5.32 Å². The molecular formula is C27H27ClN2O4. The first-order chi connectivity index (χ1) is 16.5. The summed E-state index contributed by atoms with van der Waals surface area (Å²) < 4.78 is 11.4. The lowest BCUT2D eigenvalue weighted by Gasteiger charge is -2.31. The fraction of sp³-hybridized carbons (Fsp3) is 0.259. The smallest absolute Gasteiger partial charge is 0.253 e. The molecule has 0 aliphatic carbocycles. The predicted octanol–water partition coefficient (Wildman–Crippen LogP) is 5.42. The van der Waals surface area contributed by atoms with Gasteiger partial charge < -0.3 is 19.7 Å². The number of hydrogen-bond acceptors (Lipinski definition) is 4. The molecule has 176 valence electrons. The lowest BCUT2D eigenvalue weighted by Crippen LogP contribution is -2.41. The maximum Gasteiger partial charge on any atom is 0.253 e. The molecule has 1 aliphatic rings. The van der Waals surface area contributed by atoms with E-state index in [0.29, 0.717) is 54.6 Å². The van der Waals surface area contributed by atoms with Crippen LogP contribution in [-0.2, 0) is 11.4 Å². The Morgan fingerprint density at radius 2 is 1.68 bits per heavy atom. The van der Waals surface area contributed by atoms with Crippen molar-refractivity contribution in [3.05, 3.63) is 88.9 Å². The number of methoxy groups -OCH3 is 1. The lowest BCUT2D eigenvalue weighted by molar-refractivity contribution is -0.121. The molecule has 0 aromatic heterocycles. The first kappa shape index (κ1) is 23.6. The van der Waals surface area contributed by atoms with Crippen molar-refractivity contribution in [2.75, 3.05) is 25.5 Å². The van der Waals surface area contributed by atoms with Crippen LogP contribution >= 0.6 is 11.6 Å². The molecule has 3 aromatic rings. The number of benzene rings is 3. The minimum Gasteiger partial charge on any atom is -0.493 e. The first-order valence-corrected chi connectivity index (χ1v) is 11.6. The van der Waals surface area contributed by atoms with E-state index in [9.17, 15) is 9.59 Å². The van der Waals surface area contributed by atoms with Gasteiger partial charge in [-0.15, -0.1) is 0 Å². The Hall–Kier alpha value is -3.51. The normalized spacial score (nSPS) is 13.9. The standard InChI is InChI=1S/C27H27ClN2O4/c1-33-25-17-20(11-12-24(25)34-18-21-7-5-6-10-23(21)28)27(32)30-15-13-19(14-16-30)26(31)29-22-8-3-2-4-9-22/h2-12,17,19H,13-16,18H2,1H3,(H,29,31). The molecule has 34 heavy (non-hydrogen) atoms. The quantitative estimate of drug-likeness (QED) is 0.492. The third-order valence-electron chi connectivity index (χ3n) is 5.95. The fourth-order valence-electron chi connectivity index (χ4n) is 3.98. The highest BCUT2D eigenvalue weighted by atomic mass is 35.5. The van der Waals surface area contributed by atoms with Crippen molar-refractivity contribution in [3.8, 4) is 11.5 Å². The molecule has 4 rings (SSSR count). The fourth-order valence-corrected chi connectivity index (χ4v) is 4.17. The van der Waals surface area contributed by atoms with Crippen LogP contribution in [0.3, 0.4) is 0 Å². The third kappa shape index (κ3) is 5.69. The van der Waals surface area contributed by atoms with Crippen molar-refractivity contribution in [2.45, 2.75) is 19.4 Å². The Kier molecular flexibility index (Phi) is 7.70. The van der Waals surface area contributed by atoms with Crippen LogP contribution in [0.15, 0.2) is 72.8 Å². The number of halogens is 1. The molecule has 1 fully saturated rings. The second kappa shape index (κ2) is 11.1. The highest BCUT2D eigenvalue weighted by Crippen LogP contribution is 2.31. The van der Waals surface area contributed by atoms with E-state index in [1.165, 1.54) is 0 Å². The minimum absolute atomic E-state index is 0.00000984. The number of nitrogens with zero attached hydrogens (tertiary/aromatic N) is 1. The number of anilines is 1. The van der Waals surface area contributed by atoms with Crippen molar-refractivity contribution in [2.24, 2.45) is 5.92 Å². The SMILES string of the molecule is COc1cc(C(=O)N2CCC(C(=O)Nc3ccccc3)CC2)ccc1OCc1ccccc1Cl. The van der Waals surface area contributed by atoms with Gasteiger partial charge in [0.15, 0.2) is 11.5 Å². The molecule has 1 N–H and O–H groups in total. The van der Waals surface area contributed by atoms with E-state index < -0.39 is 0 Å². The molecule has 2 amide bonds. The van der Waals surface area contributed by atoms with Crippen molar-refractivity contribution >= 4 is 29.1 Å². The zero-order valence-electron chi connectivity index (χ0n) is 19.0. The second-order valence-corrected chi connectivity index (χ2v) is 8.57. The van der Waals surface area contributed by atoms with Crippen LogP contribution in [0, 0.1) is 5.92 Å². The van der Waals surface area contributed by atoms with E-state index in [4.69, 9.17) is 21.1 Å². The van der Waals surface area contributed by atoms with Gasteiger partial charge in [0.05, 0.1) is 7.11 Å². The maximum atomic E-state index is 13.1. The van der Waals surface area contributed by atoms with Crippen LogP contribution in [0.4, 0.5) is 5.69 Å². The molecular weight excluding hydrogens is 452 g/mol. The van der Waals surface area contributed by atoms with Gasteiger partial charge in [0.1, 0.15) is 6.61 Å². The van der Waals surface area contributed by atoms with E-state index in [1.54, 1.807) is 30.2 Å².